The van der Waals surface area contributed by atoms with E-state index in [-0.39, 0.29) is 5.95 Å². The highest BCUT2D eigenvalue weighted by Crippen LogP contribution is 2.23. The summed E-state index contributed by atoms with van der Waals surface area (Å²) in [5.74, 6) is 1.72. The van der Waals surface area contributed by atoms with Crippen LogP contribution in [0.5, 0.6) is 11.6 Å². The van der Waals surface area contributed by atoms with Gasteiger partial charge in [-0.15, -0.1) is 10.2 Å². The standard InChI is InChI=1S/C15H21N5O2/c1-3-4-9-17-13-14(19-20-15(16)18-13)22-10-11-7-5-6-8-12(11)21-2/h5-8H,3-4,9-10H2,1-2H3,(H3,16,17,18,20). The number of methoxy groups -OCH3 is 1. The first-order valence-corrected chi connectivity index (χ1v) is 7.23. The second kappa shape index (κ2) is 8.02. The van der Waals surface area contributed by atoms with Crippen LogP contribution >= 0.6 is 0 Å². The van der Waals surface area contributed by atoms with Crippen LogP contribution in [0.25, 0.3) is 0 Å². The number of unbranched alkanes of at least 4 members (excludes halogenated alkanes) is 1. The third-order valence-electron chi connectivity index (χ3n) is 3.05. The van der Waals surface area contributed by atoms with Gasteiger partial charge in [-0.25, -0.2) is 0 Å². The zero-order valence-corrected chi connectivity index (χ0v) is 12.9. The van der Waals surface area contributed by atoms with Crippen molar-refractivity contribution in [2.45, 2.75) is 26.4 Å². The fourth-order valence-corrected chi connectivity index (χ4v) is 1.89. The molecule has 0 bridgehead atoms. The number of aromatic nitrogens is 3. The number of nitrogens with zero attached hydrogens (tertiary/aromatic N) is 3. The van der Waals surface area contributed by atoms with Gasteiger partial charge in [-0.3, -0.25) is 0 Å². The lowest BCUT2D eigenvalue weighted by Gasteiger charge is -2.12. The van der Waals surface area contributed by atoms with Crippen molar-refractivity contribution >= 4 is 11.8 Å². The quantitative estimate of drug-likeness (QED) is 0.722. The Morgan fingerprint density at radius 2 is 2.05 bits per heavy atom. The molecule has 7 heteroatoms. The monoisotopic (exact) mass is 303 g/mol. The van der Waals surface area contributed by atoms with E-state index in [9.17, 15) is 0 Å². The molecule has 0 aliphatic heterocycles. The van der Waals surface area contributed by atoms with Gasteiger partial charge in [-0.2, -0.15) is 4.98 Å². The minimum absolute atomic E-state index is 0.114. The maximum Gasteiger partial charge on any atom is 0.277 e. The number of benzene rings is 1. The summed E-state index contributed by atoms with van der Waals surface area (Å²) in [5, 5.41) is 10.9. The molecule has 0 radical (unpaired) electrons. The second-order valence-corrected chi connectivity index (χ2v) is 4.70. The summed E-state index contributed by atoms with van der Waals surface area (Å²) in [6.45, 7) is 3.21. The van der Waals surface area contributed by atoms with Crippen LogP contribution in [0, 0.1) is 0 Å². The van der Waals surface area contributed by atoms with E-state index < -0.39 is 0 Å². The van der Waals surface area contributed by atoms with E-state index in [0.717, 1.165) is 30.7 Å². The highest BCUT2D eigenvalue weighted by Gasteiger charge is 2.10. The van der Waals surface area contributed by atoms with Crippen molar-refractivity contribution in [3.63, 3.8) is 0 Å². The minimum Gasteiger partial charge on any atom is -0.496 e. The summed E-state index contributed by atoms with van der Waals surface area (Å²) in [6, 6.07) is 7.65. The summed E-state index contributed by atoms with van der Waals surface area (Å²) in [7, 11) is 1.63. The largest absolute Gasteiger partial charge is 0.496 e. The molecule has 0 saturated heterocycles. The number of nitrogens with two attached hydrogens (primary N) is 1. The summed E-state index contributed by atoms with van der Waals surface area (Å²) in [5.41, 5.74) is 6.50. The third kappa shape index (κ3) is 4.21. The molecule has 0 unspecified atom stereocenters. The Morgan fingerprint density at radius 1 is 1.23 bits per heavy atom. The van der Waals surface area contributed by atoms with Gasteiger partial charge in [-0.05, 0) is 12.5 Å². The van der Waals surface area contributed by atoms with Gasteiger partial charge in [0.1, 0.15) is 12.4 Å². The number of para-hydroxylation sites is 1. The molecule has 0 atom stereocenters. The van der Waals surface area contributed by atoms with Gasteiger partial charge in [0.05, 0.1) is 7.11 Å². The van der Waals surface area contributed by atoms with E-state index in [4.69, 9.17) is 15.2 Å². The van der Waals surface area contributed by atoms with E-state index in [0.29, 0.717) is 18.3 Å². The van der Waals surface area contributed by atoms with Crippen LogP contribution in [0.2, 0.25) is 0 Å². The number of hydrogen-bond acceptors (Lipinski definition) is 7. The zero-order valence-electron chi connectivity index (χ0n) is 12.9. The van der Waals surface area contributed by atoms with Gasteiger partial charge in [0.25, 0.3) is 5.88 Å². The van der Waals surface area contributed by atoms with Crippen LogP contribution < -0.4 is 20.5 Å². The topological polar surface area (TPSA) is 95.2 Å². The average Bonchev–Trinajstić information content (AvgIpc) is 2.54. The fourth-order valence-electron chi connectivity index (χ4n) is 1.89. The molecule has 1 aromatic heterocycles. The molecule has 0 fully saturated rings. The molecule has 0 spiro atoms. The molecule has 0 amide bonds. The van der Waals surface area contributed by atoms with Crippen molar-refractivity contribution in [2.24, 2.45) is 0 Å². The van der Waals surface area contributed by atoms with E-state index in [2.05, 4.69) is 27.4 Å². The Hall–Kier alpha value is -2.57. The van der Waals surface area contributed by atoms with Crippen molar-refractivity contribution in [3.05, 3.63) is 29.8 Å². The summed E-state index contributed by atoms with van der Waals surface area (Å²) in [6.07, 6.45) is 2.11. The molecule has 0 aliphatic carbocycles. The van der Waals surface area contributed by atoms with E-state index in [1.54, 1.807) is 7.11 Å². The molecule has 22 heavy (non-hydrogen) atoms. The van der Waals surface area contributed by atoms with Crippen LogP contribution in [-0.2, 0) is 6.61 Å². The van der Waals surface area contributed by atoms with Crippen molar-refractivity contribution in [2.75, 3.05) is 24.7 Å². The van der Waals surface area contributed by atoms with Crippen LogP contribution in [0.3, 0.4) is 0 Å². The smallest absolute Gasteiger partial charge is 0.277 e. The molecule has 2 rings (SSSR count). The van der Waals surface area contributed by atoms with Gasteiger partial charge in [0, 0.05) is 12.1 Å². The SMILES string of the molecule is CCCCNc1nc(N)nnc1OCc1ccccc1OC. The van der Waals surface area contributed by atoms with Gasteiger partial charge >= 0.3 is 0 Å². The Bertz CT molecular complexity index is 606. The number of nitrogens with one attached hydrogen (secondary N) is 1. The number of ether oxygens (including phenoxy) is 2. The van der Waals surface area contributed by atoms with Crippen molar-refractivity contribution in [1.82, 2.24) is 15.2 Å². The second-order valence-electron chi connectivity index (χ2n) is 4.70. The molecule has 118 valence electrons. The average molecular weight is 303 g/mol. The van der Waals surface area contributed by atoms with E-state index >= 15 is 0 Å². The summed E-state index contributed by atoms with van der Waals surface area (Å²) < 4.78 is 11.0. The Labute approximate surface area is 129 Å². The summed E-state index contributed by atoms with van der Waals surface area (Å²) >= 11 is 0. The van der Waals surface area contributed by atoms with Crippen LogP contribution in [0.1, 0.15) is 25.3 Å². The predicted molar refractivity (Wildman–Crippen MR) is 85.0 cm³/mol. The Balaban J connectivity index is 2.08. The van der Waals surface area contributed by atoms with Crippen molar-refractivity contribution in [3.8, 4) is 11.6 Å². The van der Waals surface area contributed by atoms with Crippen molar-refractivity contribution < 1.29 is 9.47 Å². The zero-order chi connectivity index (χ0) is 15.8. The Morgan fingerprint density at radius 3 is 2.82 bits per heavy atom. The van der Waals surface area contributed by atoms with E-state index in [1.807, 2.05) is 24.3 Å². The lowest BCUT2D eigenvalue weighted by atomic mass is 10.2. The molecule has 3 N–H and O–H groups in total. The third-order valence-corrected chi connectivity index (χ3v) is 3.05. The van der Waals surface area contributed by atoms with Gasteiger partial charge < -0.3 is 20.5 Å². The molecule has 2 aromatic rings. The maximum absolute atomic E-state index is 5.72. The van der Waals surface area contributed by atoms with Crippen molar-refractivity contribution in [1.29, 1.82) is 0 Å². The number of anilines is 2. The fraction of sp³-hybridized carbons (Fsp3) is 0.400. The van der Waals surface area contributed by atoms with E-state index in [1.165, 1.54) is 0 Å². The van der Waals surface area contributed by atoms with Gasteiger partial charge in [0.2, 0.25) is 5.95 Å². The molecule has 0 aliphatic rings. The summed E-state index contributed by atoms with van der Waals surface area (Å²) in [4.78, 5) is 4.14. The first-order chi connectivity index (χ1) is 10.7. The maximum atomic E-state index is 5.72. The number of nitrogen functional groups attached to an aromatic ring is 1. The minimum atomic E-state index is 0.114. The first kappa shape index (κ1) is 15.8. The number of rotatable bonds is 8. The van der Waals surface area contributed by atoms with Gasteiger partial charge in [0.15, 0.2) is 5.82 Å². The molecule has 1 heterocycles. The molecular weight excluding hydrogens is 282 g/mol. The highest BCUT2D eigenvalue weighted by molar-refractivity contribution is 5.47. The lowest BCUT2D eigenvalue weighted by molar-refractivity contribution is 0.282. The normalized spacial score (nSPS) is 10.3. The molecule has 1 aromatic carbocycles. The highest BCUT2D eigenvalue weighted by atomic mass is 16.5. The lowest BCUT2D eigenvalue weighted by Crippen LogP contribution is -2.10. The molecular formula is C15H21N5O2. The molecule has 0 saturated carbocycles. The van der Waals surface area contributed by atoms with Crippen LogP contribution in [-0.4, -0.2) is 28.8 Å². The first-order valence-electron chi connectivity index (χ1n) is 7.23. The van der Waals surface area contributed by atoms with Crippen LogP contribution in [0.15, 0.2) is 24.3 Å². The van der Waals surface area contributed by atoms with Crippen LogP contribution in [0.4, 0.5) is 11.8 Å². The van der Waals surface area contributed by atoms with Gasteiger partial charge in [-0.1, -0.05) is 31.5 Å². The number of hydrogen-bond donors (Lipinski definition) is 2. The Kier molecular flexibility index (Phi) is 5.76. The predicted octanol–water partition coefficient (Wildman–Crippen LogP) is 2.25. The molecule has 7 nitrogen and oxygen atoms in total.